The minimum Gasteiger partial charge on any atom is -0.490 e. The van der Waals surface area contributed by atoms with Gasteiger partial charge in [0, 0.05) is 0 Å². The molecule has 1 aromatic carbocycles. The van der Waals surface area contributed by atoms with E-state index in [-0.39, 0.29) is 10.9 Å². The van der Waals surface area contributed by atoms with Crippen molar-refractivity contribution in [1.29, 1.82) is 0 Å². The van der Waals surface area contributed by atoms with Crippen molar-refractivity contribution in [2.24, 2.45) is 0 Å². The lowest BCUT2D eigenvalue weighted by Crippen LogP contribution is -2.44. The summed E-state index contributed by atoms with van der Waals surface area (Å²) in [4.78, 5) is 25.9. The summed E-state index contributed by atoms with van der Waals surface area (Å²) >= 11 is 14.0. The molecule has 6 nitrogen and oxygen atoms in total. The number of thiocarbonyl (C=S) groups is 1. The number of hydrogen-bond donors (Lipinski definition) is 1. The number of nitrogens with one attached hydrogen (secondary N) is 1. The fraction of sp³-hybridized carbons (Fsp3) is 0.150. The van der Waals surface area contributed by atoms with E-state index in [0.717, 1.165) is 16.8 Å². The van der Waals surface area contributed by atoms with Gasteiger partial charge in [0.2, 0.25) is 0 Å². The molecular weight excluding hydrogens is 464 g/mol. The molecule has 2 amide bonds. The molecule has 1 saturated heterocycles. The second-order valence-electron chi connectivity index (χ2n) is 5.80. The van der Waals surface area contributed by atoms with Gasteiger partial charge in [-0.25, -0.2) is 0 Å². The highest BCUT2D eigenvalue weighted by molar-refractivity contribution is 8.26. The van der Waals surface area contributed by atoms with Gasteiger partial charge >= 0.3 is 0 Å². The van der Waals surface area contributed by atoms with Crippen LogP contribution in [0.2, 0.25) is 5.02 Å². The number of nitrogens with zero attached hydrogens (tertiary/aromatic N) is 1. The van der Waals surface area contributed by atoms with Crippen LogP contribution in [0.25, 0.3) is 6.08 Å². The van der Waals surface area contributed by atoms with E-state index in [9.17, 15) is 9.59 Å². The summed E-state index contributed by atoms with van der Waals surface area (Å²) in [7, 11) is 0. The molecule has 0 saturated carbocycles. The largest absolute Gasteiger partial charge is 0.490 e. The second-order valence-corrected chi connectivity index (χ2v) is 8.83. The van der Waals surface area contributed by atoms with Crippen LogP contribution in [0.5, 0.6) is 11.5 Å². The lowest BCUT2D eigenvalue weighted by Gasteiger charge is -2.15. The van der Waals surface area contributed by atoms with Crippen molar-refractivity contribution in [3.8, 4) is 11.5 Å². The van der Waals surface area contributed by atoms with Gasteiger partial charge in [0.05, 0.1) is 21.4 Å². The first-order valence-corrected chi connectivity index (χ1v) is 11.2. The molecule has 3 rings (SSSR count). The van der Waals surface area contributed by atoms with E-state index in [1.807, 2.05) is 6.92 Å². The van der Waals surface area contributed by atoms with Gasteiger partial charge in [-0.3, -0.25) is 15.0 Å². The van der Waals surface area contributed by atoms with Gasteiger partial charge in [0.25, 0.3) is 11.8 Å². The molecular formula is C20H17ClN2O4S3. The van der Waals surface area contributed by atoms with Crippen molar-refractivity contribution in [3.63, 3.8) is 0 Å². The zero-order valence-electron chi connectivity index (χ0n) is 15.8. The Labute approximate surface area is 192 Å². The SMILES string of the molecule is C=CCOc1c(Cl)cc(/C=C2/SC(=S)N(NC(=O)c3cccs3)C2=O)cc1OCC. The summed E-state index contributed by atoms with van der Waals surface area (Å²) in [5.41, 5.74) is 3.18. The van der Waals surface area contributed by atoms with Crippen LogP contribution in [-0.2, 0) is 4.79 Å². The van der Waals surface area contributed by atoms with Crippen molar-refractivity contribution < 1.29 is 19.1 Å². The zero-order valence-corrected chi connectivity index (χ0v) is 19.1. The van der Waals surface area contributed by atoms with Gasteiger partial charge in [0.1, 0.15) is 6.61 Å². The fourth-order valence-corrected chi connectivity index (χ4v) is 4.56. The molecule has 1 fully saturated rings. The van der Waals surface area contributed by atoms with Gasteiger partial charge in [-0.1, -0.05) is 42.1 Å². The molecule has 2 aromatic rings. The monoisotopic (exact) mass is 480 g/mol. The van der Waals surface area contributed by atoms with E-state index >= 15 is 0 Å². The third kappa shape index (κ3) is 5.04. The number of thioether (sulfide) groups is 1. The number of hydrazine groups is 1. The maximum absolute atomic E-state index is 12.8. The number of carbonyl (C=O) groups is 2. The van der Waals surface area contributed by atoms with E-state index in [0.29, 0.717) is 38.5 Å². The molecule has 2 heterocycles. The van der Waals surface area contributed by atoms with E-state index in [2.05, 4.69) is 12.0 Å². The van der Waals surface area contributed by atoms with Crippen molar-refractivity contribution in [2.45, 2.75) is 6.92 Å². The third-order valence-electron chi connectivity index (χ3n) is 3.73. The van der Waals surface area contributed by atoms with Crippen LogP contribution >= 0.6 is 46.9 Å². The van der Waals surface area contributed by atoms with Crippen LogP contribution in [0.4, 0.5) is 0 Å². The number of amides is 2. The predicted molar refractivity (Wildman–Crippen MR) is 125 cm³/mol. The number of halogens is 1. The quantitative estimate of drug-likeness (QED) is 0.329. The molecule has 30 heavy (non-hydrogen) atoms. The van der Waals surface area contributed by atoms with Crippen molar-refractivity contribution in [2.75, 3.05) is 13.2 Å². The van der Waals surface area contributed by atoms with Crippen LogP contribution in [-0.4, -0.2) is 34.4 Å². The summed E-state index contributed by atoms with van der Waals surface area (Å²) in [5, 5.41) is 3.19. The van der Waals surface area contributed by atoms with Crippen LogP contribution in [0.15, 0.2) is 47.2 Å². The lowest BCUT2D eigenvalue weighted by atomic mass is 10.2. The number of ether oxygens (including phenoxy) is 2. The smallest absolute Gasteiger partial charge is 0.285 e. The number of benzene rings is 1. The maximum atomic E-state index is 12.8. The Kier molecular flexibility index (Phi) is 7.54. The standard InChI is InChI=1S/C20H17ClN2O4S3/c1-3-7-27-17-13(21)9-12(10-14(17)26-4-2)11-16-19(25)23(20(28)30-16)22-18(24)15-6-5-8-29-15/h3,5-6,8-11H,1,4,7H2,2H3,(H,22,24)/b16-11+. The van der Waals surface area contributed by atoms with Crippen molar-refractivity contribution in [3.05, 3.63) is 62.7 Å². The zero-order chi connectivity index (χ0) is 21.7. The lowest BCUT2D eigenvalue weighted by molar-refractivity contribution is -0.123. The first kappa shape index (κ1) is 22.4. The summed E-state index contributed by atoms with van der Waals surface area (Å²) in [6, 6.07) is 6.82. The molecule has 0 radical (unpaired) electrons. The van der Waals surface area contributed by atoms with Gasteiger partial charge in [-0.05, 0) is 54.4 Å². The van der Waals surface area contributed by atoms with E-state index in [4.69, 9.17) is 33.3 Å². The van der Waals surface area contributed by atoms with Gasteiger partial charge < -0.3 is 9.47 Å². The molecule has 0 atom stereocenters. The molecule has 156 valence electrons. The third-order valence-corrected chi connectivity index (χ3v) is 6.18. The van der Waals surface area contributed by atoms with Gasteiger partial charge in [0.15, 0.2) is 15.8 Å². The molecule has 10 heteroatoms. The molecule has 0 bridgehead atoms. The van der Waals surface area contributed by atoms with E-state index in [1.54, 1.807) is 41.8 Å². The Balaban J connectivity index is 1.84. The van der Waals surface area contributed by atoms with Crippen molar-refractivity contribution in [1.82, 2.24) is 10.4 Å². The van der Waals surface area contributed by atoms with Crippen LogP contribution in [0, 0.1) is 0 Å². The predicted octanol–water partition coefficient (Wildman–Crippen LogP) is 4.91. The number of thiophene rings is 1. The molecule has 0 unspecified atom stereocenters. The molecule has 1 aliphatic heterocycles. The highest BCUT2D eigenvalue weighted by Gasteiger charge is 2.34. The van der Waals surface area contributed by atoms with Crippen LogP contribution in [0.1, 0.15) is 22.2 Å². The molecule has 0 spiro atoms. The van der Waals surface area contributed by atoms with Crippen LogP contribution < -0.4 is 14.9 Å². The second kappa shape index (κ2) is 10.1. The Morgan fingerprint density at radius 3 is 2.87 bits per heavy atom. The van der Waals surface area contributed by atoms with E-state index < -0.39 is 11.8 Å². The minimum atomic E-state index is -0.420. The van der Waals surface area contributed by atoms with Gasteiger partial charge in [-0.15, -0.1) is 11.3 Å². The Bertz CT molecular complexity index is 1020. The Hall–Kier alpha value is -2.33. The Morgan fingerprint density at radius 1 is 1.40 bits per heavy atom. The average Bonchev–Trinajstić information content (AvgIpc) is 3.33. The molecule has 1 aliphatic rings. The van der Waals surface area contributed by atoms with Crippen molar-refractivity contribution >= 4 is 69.1 Å². The molecule has 1 N–H and O–H groups in total. The fourth-order valence-electron chi connectivity index (χ4n) is 2.50. The summed E-state index contributed by atoms with van der Waals surface area (Å²) in [6.45, 7) is 6.17. The number of carbonyl (C=O) groups excluding carboxylic acids is 2. The number of hydrogen-bond acceptors (Lipinski definition) is 7. The highest BCUT2D eigenvalue weighted by atomic mass is 35.5. The number of rotatable bonds is 8. The molecule has 0 aliphatic carbocycles. The first-order chi connectivity index (χ1) is 14.4. The Morgan fingerprint density at radius 2 is 2.20 bits per heavy atom. The summed E-state index contributed by atoms with van der Waals surface area (Å²) in [6.07, 6.45) is 3.25. The topological polar surface area (TPSA) is 67.9 Å². The normalized spacial score (nSPS) is 14.9. The van der Waals surface area contributed by atoms with Crippen LogP contribution in [0.3, 0.4) is 0 Å². The van der Waals surface area contributed by atoms with Gasteiger partial charge in [-0.2, -0.15) is 5.01 Å². The maximum Gasteiger partial charge on any atom is 0.285 e. The van der Waals surface area contributed by atoms with E-state index in [1.165, 1.54) is 11.3 Å². The summed E-state index contributed by atoms with van der Waals surface area (Å²) < 4.78 is 11.4. The first-order valence-electron chi connectivity index (χ1n) is 8.77. The highest BCUT2D eigenvalue weighted by Crippen LogP contribution is 2.39. The average molecular weight is 481 g/mol. The molecule has 1 aromatic heterocycles. The summed E-state index contributed by atoms with van der Waals surface area (Å²) in [5.74, 6) is 0.0508. The minimum absolute atomic E-state index is 0.234.